The number of hydrogen-bond donors (Lipinski definition) is 2. The Bertz CT molecular complexity index is 775. The molecule has 0 spiro atoms. The highest BCUT2D eigenvalue weighted by atomic mass is 16.5. The van der Waals surface area contributed by atoms with Crippen molar-refractivity contribution >= 4 is 0 Å². The summed E-state index contributed by atoms with van der Waals surface area (Å²) in [6, 6.07) is 0. The standard InChI is InChI=1S/C24H37NO6/c1-5-25-10-23(11-28-2)7-6-16(29-3)24-14-8-13-18(26)17(14)12(19(27)20(13)30-4)9-15(21(23)24)31-22(24)25/h9,13-22,26-27H,5-8,10-11H2,1-4H3. The molecule has 174 valence electrons. The molecule has 0 aromatic rings. The lowest BCUT2D eigenvalue weighted by atomic mass is 9.46. The second kappa shape index (κ2) is 6.98. The van der Waals surface area contributed by atoms with E-state index in [0.29, 0.717) is 6.61 Å². The van der Waals surface area contributed by atoms with Gasteiger partial charge in [-0.05, 0) is 37.3 Å². The molecule has 2 heterocycles. The summed E-state index contributed by atoms with van der Waals surface area (Å²) < 4.78 is 24.8. The van der Waals surface area contributed by atoms with Crippen LogP contribution < -0.4 is 0 Å². The van der Waals surface area contributed by atoms with Gasteiger partial charge in [0, 0.05) is 56.5 Å². The molecular formula is C24H37NO6. The van der Waals surface area contributed by atoms with Gasteiger partial charge in [0.2, 0.25) is 0 Å². The van der Waals surface area contributed by atoms with E-state index in [2.05, 4.69) is 17.9 Å². The summed E-state index contributed by atoms with van der Waals surface area (Å²) >= 11 is 0. The summed E-state index contributed by atoms with van der Waals surface area (Å²) in [6.45, 7) is 4.80. The molecule has 0 amide bonds. The van der Waals surface area contributed by atoms with Crippen LogP contribution in [0, 0.1) is 34.5 Å². The normalized spacial score (nSPS) is 57.0. The number of likely N-dealkylation sites (tertiary alicyclic amines) is 1. The maximum Gasteiger partial charge on any atom is 0.120 e. The quantitative estimate of drug-likeness (QED) is 0.625. The van der Waals surface area contributed by atoms with Crippen molar-refractivity contribution in [2.45, 2.75) is 62.9 Å². The van der Waals surface area contributed by atoms with Crippen LogP contribution in [0.2, 0.25) is 0 Å². The summed E-state index contributed by atoms with van der Waals surface area (Å²) in [5.41, 5.74) is 0.689. The first-order chi connectivity index (χ1) is 15.0. The van der Waals surface area contributed by atoms with E-state index >= 15 is 0 Å². The summed E-state index contributed by atoms with van der Waals surface area (Å²) in [5.74, 6) is 0.324. The van der Waals surface area contributed by atoms with Crippen molar-refractivity contribution in [3.8, 4) is 0 Å². The lowest BCUT2D eigenvalue weighted by Crippen LogP contribution is -2.71. The van der Waals surface area contributed by atoms with Gasteiger partial charge < -0.3 is 29.2 Å². The van der Waals surface area contributed by atoms with Gasteiger partial charge in [0.25, 0.3) is 0 Å². The second-order valence-electron chi connectivity index (χ2n) is 10.9. The molecule has 7 bridgehead atoms. The molecule has 0 radical (unpaired) electrons. The molecular weight excluding hydrogens is 398 g/mol. The second-order valence-corrected chi connectivity index (χ2v) is 10.9. The van der Waals surface area contributed by atoms with Crippen LogP contribution in [0.3, 0.4) is 0 Å². The minimum atomic E-state index is -0.686. The Balaban J connectivity index is 1.60. The zero-order valence-corrected chi connectivity index (χ0v) is 19.1. The van der Waals surface area contributed by atoms with E-state index in [9.17, 15) is 10.2 Å². The molecule has 2 N–H and O–H groups in total. The maximum atomic E-state index is 11.4. The van der Waals surface area contributed by atoms with E-state index in [1.54, 1.807) is 14.2 Å². The van der Waals surface area contributed by atoms with Gasteiger partial charge in [-0.25, -0.2) is 0 Å². The Morgan fingerprint density at radius 2 is 2.03 bits per heavy atom. The lowest BCUT2D eigenvalue weighted by molar-refractivity contribution is -0.246. The minimum Gasteiger partial charge on any atom is -0.392 e. The Hall–Kier alpha value is -0.540. The van der Waals surface area contributed by atoms with Crippen molar-refractivity contribution < 1.29 is 29.2 Å². The van der Waals surface area contributed by atoms with Gasteiger partial charge in [-0.1, -0.05) is 13.0 Å². The van der Waals surface area contributed by atoms with Crippen LogP contribution in [0.25, 0.3) is 0 Å². The molecule has 0 aromatic carbocycles. The van der Waals surface area contributed by atoms with Crippen LogP contribution in [0.1, 0.15) is 26.2 Å². The van der Waals surface area contributed by atoms with E-state index in [1.165, 1.54) is 0 Å². The Morgan fingerprint density at radius 1 is 1.23 bits per heavy atom. The van der Waals surface area contributed by atoms with Crippen LogP contribution in [0.5, 0.6) is 0 Å². The first-order valence-corrected chi connectivity index (χ1v) is 12.0. The van der Waals surface area contributed by atoms with Gasteiger partial charge in [-0.3, -0.25) is 4.90 Å². The SMILES string of the molecule is CCN1CC2(COC)CCC(OC)C34C5CC6C(O)C5C(=CC(OC13)C24)C(O)C6OC. The molecule has 12 unspecified atom stereocenters. The van der Waals surface area contributed by atoms with E-state index in [0.717, 1.165) is 37.9 Å². The molecule has 0 aromatic heterocycles. The van der Waals surface area contributed by atoms with E-state index < -0.39 is 12.2 Å². The highest BCUT2D eigenvalue weighted by molar-refractivity contribution is 5.36. The fraction of sp³-hybridized carbons (Fsp3) is 0.917. The van der Waals surface area contributed by atoms with Crippen LogP contribution in [-0.2, 0) is 18.9 Å². The largest absolute Gasteiger partial charge is 0.392 e. The number of rotatable bonds is 5. The van der Waals surface area contributed by atoms with Crippen molar-refractivity contribution in [3.05, 3.63) is 11.6 Å². The predicted octanol–water partition coefficient (Wildman–Crippen LogP) is 1.03. The van der Waals surface area contributed by atoms with Gasteiger partial charge >= 0.3 is 0 Å². The molecule has 2 saturated heterocycles. The monoisotopic (exact) mass is 435 g/mol. The Labute approximate surface area is 184 Å². The van der Waals surface area contributed by atoms with Crippen LogP contribution >= 0.6 is 0 Å². The number of fused-ring (bicyclic) bond motifs is 1. The van der Waals surface area contributed by atoms with E-state index in [-0.39, 0.29) is 59.0 Å². The summed E-state index contributed by atoms with van der Waals surface area (Å²) in [5, 5.41) is 22.7. The highest BCUT2D eigenvalue weighted by Gasteiger charge is 2.78. The lowest BCUT2D eigenvalue weighted by Gasteiger charge is -2.64. The number of hydrogen-bond acceptors (Lipinski definition) is 7. The van der Waals surface area contributed by atoms with Gasteiger partial charge in [0.1, 0.15) is 12.3 Å². The Morgan fingerprint density at radius 3 is 2.71 bits per heavy atom. The third-order valence-electron chi connectivity index (χ3n) is 10.2. The zero-order valence-electron chi connectivity index (χ0n) is 19.1. The van der Waals surface area contributed by atoms with Crippen molar-refractivity contribution in [2.24, 2.45) is 34.5 Å². The van der Waals surface area contributed by atoms with Crippen LogP contribution in [-0.4, -0.2) is 92.9 Å². The minimum absolute atomic E-state index is 0.0121. The van der Waals surface area contributed by atoms with Gasteiger partial charge in [-0.15, -0.1) is 0 Å². The average Bonchev–Trinajstić information content (AvgIpc) is 3.11. The molecule has 4 aliphatic carbocycles. The topological polar surface area (TPSA) is 80.6 Å². The zero-order chi connectivity index (χ0) is 21.7. The fourth-order valence-corrected chi connectivity index (χ4v) is 9.48. The highest BCUT2D eigenvalue weighted by Crippen LogP contribution is 2.73. The number of ether oxygens (including phenoxy) is 4. The molecule has 12 atom stereocenters. The van der Waals surface area contributed by atoms with Crippen molar-refractivity contribution in [3.63, 3.8) is 0 Å². The molecule has 6 aliphatic rings. The first kappa shape index (κ1) is 21.0. The van der Waals surface area contributed by atoms with Gasteiger partial charge in [0.15, 0.2) is 0 Å². The molecule has 2 aliphatic heterocycles. The van der Waals surface area contributed by atoms with E-state index in [4.69, 9.17) is 18.9 Å². The maximum absolute atomic E-state index is 11.4. The van der Waals surface area contributed by atoms with Crippen LogP contribution in [0.4, 0.5) is 0 Å². The molecule has 3 saturated carbocycles. The fourth-order valence-electron chi connectivity index (χ4n) is 9.48. The number of nitrogens with zero attached hydrogens (tertiary/aromatic N) is 1. The van der Waals surface area contributed by atoms with Crippen LogP contribution in [0.15, 0.2) is 11.6 Å². The molecule has 31 heavy (non-hydrogen) atoms. The molecule has 5 fully saturated rings. The molecule has 7 nitrogen and oxygen atoms in total. The molecule has 6 rings (SSSR count). The van der Waals surface area contributed by atoms with Gasteiger partial charge in [-0.2, -0.15) is 0 Å². The summed E-state index contributed by atoms with van der Waals surface area (Å²) in [7, 11) is 5.30. The number of methoxy groups -OCH3 is 3. The number of aliphatic hydroxyl groups is 2. The Kier molecular flexibility index (Phi) is 4.74. The average molecular weight is 436 g/mol. The molecule has 7 heteroatoms. The summed E-state index contributed by atoms with van der Waals surface area (Å²) in [6.07, 6.45) is 3.41. The van der Waals surface area contributed by atoms with Crippen molar-refractivity contribution in [1.82, 2.24) is 4.90 Å². The number of piperidine rings is 1. The van der Waals surface area contributed by atoms with Crippen molar-refractivity contribution in [1.29, 1.82) is 0 Å². The predicted molar refractivity (Wildman–Crippen MR) is 112 cm³/mol. The first-order valence-electron chi connectivity index (χ1n) is 12.0. The third-order valence-corrected chi connectivity index (χ3v) is 10.2. The number of aliphatic hydroxyl groups excluding tert-OH is 2. The third kappa shape index (κ3) is 2.29. The van der Waals surface area contributed by atoms with Crippen molar-refractivity contribution in [2.75, 3.05) is 41.0 Å². The van der Waals surface area contributed by atoms with Gasteiger partial charge in [0.05, 0.1) is 31.0 Å². The van der Waals surface area contributed by atoms with E-state index in [1.807, 2.05) is 7.11 Å². The summed E-state index contributed by atoms with van der Waals surface area (Å²) in [4.78, 5) is 2.50. The smallest absolute Gasteiger partial charge is 0.120 e.